The summed E-state index contributed by atoms with van der Waals surface area (Å²) in [6.07, 6.45) is 0. The Kier molecular flexibility index (Phi) is 7.19. The van der Waals surface area contributed by atoms with Gasteiger partial charge in [0.1, 0.15) is 0 Å². The number of hydrogen-bond donors (Lipinski definition) is 0. The molecule has 1 aliphatic rings. The van der Waals surface area contributed by atoms with E-state index in [1.165, 1.54) is 72.0 Å². The Hall–Kier alpha value is -6.64. The minimum Gasteiger partial charge on any atom is -0.310 e. The van der Waals surface area contributed by atoms with Gasteiger partial charge in [-0.15, -0.1) is 0 Å². The standard InChI is InChI=1S/C51H38N2/c1-51(2)47-22-11-9-20-43(47)44-30-26-38(34-48(44)51)35-24-28-41(29-25-35)52(39-15-5-3-6-16-39)42-19-13-14-36(32-42)37-27-31-50-46(33-37)45-21-10-12-23-49(45)53(50)40-17-7-4-8-18-40/h3-34H,1-2H3. The van der Waals surface area contributed by atoms with Gasteiger partial charge in [0.2, 0.25) is 0 Å². The lowest BCUT2D eigenvalue weighted by Crippen LogP contribution is -2.14. The molecule has 2 heteroatoms. The molecule has 0 atom stereocenters. The number of rotatable bonds is 6. The summed E-state index contributed by atoms with van der Waals surface area (Å²) >= 11 is 0. The van der Waals surface area contributed by atoms with Crippen molar-refractivity contribution in [1.82, 2.24) is 4.57 Å². The third kappa shape index (κ3) is 5.10. The molecule has 9 aromatic rings. The minimum atomic E-state index is -0.0273. The summed E-state index contributed by atoms with van der Waals surface area (Å²) in [5, 5.41) is 2.51. The van der Waals surface area contributed by atoms with Crippen LogP contribution in [0.3, 0.4) is 0 Å². The summed E-state index contributed by atoms with van der Waals surface area (Å²) in [4.78, 5) is 2.36. The zero-order valence-electron chi connectivity index (χ0n) is 29.9. The number of benzene rings is 8. The zero-order chi connectivity index (χ0) is 35.5. The Morgan fingerprint density at radius 2 is 0.962 bits per heavy atom. The molecule has 8 aromatic carbocycles. The van der Waals surface area contributed by atoms with Gasteiger partial charge in [-0.1, -0.05) is 135 Å². The van der Waals surface area contributed by atoms with Gasteiger partial charge in [-0.3, -0.25) is 0 Å². The van der Waals surface area contributed by atoms with Gasteiger partial charge < -0.3 is 9.47 Å². The molecular weight excluding hydrogens is 641 g/mol. The average molecular weight is 679 g/mol. The van der Waals surface area contributed by atoms with Crippen molar-refractivity contribution >= 4 is 38.9 Å². The molecule has 0 aliphatic heterocycles. The molecule has 1 heterocycles. The Labute approximate surface area is 310 Å². The second kappa shape index (κ2) is 12.3. The van der Waals surface area contributed by atoms with Crippen molar-refractivity contribution in [2.75, 3.05) is 4.90 Å². The summed E-state index contributed by atoms with van der Waals surface area (Å²) in [6, 6.07) is 70.7. The first-order valence-electron chi connectivity index (χ1n) is 18.4. The van der Waals surface area contributed by atoms with Crippen LogP contribution in [-0.2, 0) is 5.41 Å². The largest absolute Gasteiger partial charge is 0.310 e. The molecule has 0 spiro atoms. The van der Waals surface area contributed by atoms with Crippen LogP contribution in [0.15, 0.2) is 194 Å². The fourth-order valence-electron chi connectivity index (χ4n) is 8.54. The van der Waals surface area contributed by atoms with E-state index in [0.29, 0.717) is 0 Å². The molecule has 53 heavy (non-hydrogen) atoms. The van der Waals surface area contributed by atoms with Gasteiger partial charge in [-0.2, -0.15) is 0 Å². The fraction of sp³-hybridized carbons (Fsp3) is 0.0588. The van der Waals surface area contributed by atoms with Gasteiger partial charge in [-0.25, -0.2) is 0 Å². The van der Waals surface area contributed by atoms with E-state index in [1.54, 1.807) is 0 Å². The topological polar surface area (TPSA) is 8.17 Å². The molecule has 1 aliphatic carbocycles. The second-order valence-corrected chi connectivity index (χ2v) is 14.6. The van der Waals surface area contributed by atoms with E-state index >= 15 is 0 Å². The van der Waals surface area contributed by atoms with Crippen LogP contribution in [-0.4, -0.2) is 4.57 Å². The van der Waals surface area contributed by atoms with Crippen molar-refractivity contribution in [2.45, 2.75) is 19.3 Å². The van der Waals surface area contributed by atoms with Gasteiger partial charge in [0.25, 0.3) is 0 Å². The summed E-state index contributed by atoms with van der Waals surface area (Å²) in [5.74, 6) is 0. The Bertz CT molecular complexity index is 2790. The van der Waals surface area contributed by atoms with Crippen molar-refractivity contribution in [1.29, 1.82) is 0 Å². The summed E-state index contributed by atoms with van der Waals surface area (Å²) in [5.41, 5.74) is 17.3. The lowest BCUT2D eigenvalue weighted by atomic mass is 9.81. The predicted octanol–water partition coefficient (Wildman–Crippen LogP) is 13.9. The Morgan fingerprint density at radius 3 is 1.79 bits per heavy atom. The monoisotopic (exact) mass is 678 g/mol. The van der Waals surface area contributed by atoms with Crippen LogP contribution in [0.25, 0.3) is 60.9 Å². The number of hydrogen-bond acceptors (Lipinski definition) is 1. The molecule has 0 bridgehead atoms. The van der Waals surface area contributed by atoms with Crippen molar-refractivity contribution in [3.63, 3.8) is 0 Å². The summed E-state index contributed by atoms with van der Waals surface area (Å²) < 4.78 is 2.37. The highest BCUT2D eigenvalue weighted by molar-refractivity contribution is 6.10. The van der Waals surface area contributed by atoms with Gasteiger partial charge in [0.05, 0.1) is 11.0 Å². The van der Waals surface area contributed by atoms with Crippen LogP contribution in [0.2, 0.25) is 0 Å². The average Bonchev–Trinajstić information content (AvgIpc) is 3.67. The molecule has 2 nitrogen and oxygen atoms in total. The van der Waals surface area contributed by atoms with Crippen molar-refractivity contribution in [3.8, 4) is 39.1 Å². The SMILES string of the molecule is CC1(C)c2ccccc2-c2ccc(-c3ccc(N(c4ccccc4)c4cccc(-c5ccc6c(c5)c5ccccc5n6-c5ccccc5)c4)cc3)cc21. The highest BCUT2D eigenvalue weighted by atomic mass is 15.1. The van der Waals surface area contributed by atoms with Gasteiger partial charge >= 0.3 is 0 Å². The van der Waals surface area contributed by atoms with Crippen LogP contribution in [0.1, 0.15) is 25.0 Å². The van der Waals surface area contributed by atoms with Crippen molar-refractivity contribution in [3.05, 3.63) is 205 Å². The molecule has 0 fully saturated rings. The van der Waals surface area contributed by atoms with Crippen molar-refractivity contribution < 1.29 is 0 Å². The van der Waals surface area contributed by atoms with Gasteiger partial charge in [0.15, 0.2) is 0 Å². The first-order valence-corrected chi connectivity index (χ1v) is 18.4. The van der Waals surface area contributed by atoms with Gasteiger partial charge in [0, 0.05) is 38.9 Å². The fourth-order valence-corrected chi connectivity index (χ4v) is 8.54. The number of nitrogens with zero attached hydrogens (tertiary/aromatic N) is 2. The Morgan fingerprint density at radius 1 is 0.377 bits per heavy atom. The van der Waals surface area contributed by atoms with Crippen LogP contribution >= 0.6 is 0 Å². The second-order valence-electron chi connectivity index (χ2n) is 14.6. The first kappa shape index (κ1) is 31.1. The number of aromatic nitrogens is 1. The van der Waals surface area contributed by atoms with Crippen LogP contribution in [0, 0.1) is 0 Å². The number of fused-ring (bicyclic) bond motifs is 6. The lowest BCUT2D eigenvalue weighted by molar-refractivity contribution is 0.660. The molecule has 0 unspecified atom stereocenters. The van der Waals surface area contributed by atoms with E-state index in [4.69, 9.17) is 0 Å². The number of anilines is 3. The van der Waals surface area contributed by atoms with Crippen LogP contribution in [0.5, 0.6) is 0 Å². The lowest BCUT2D eigenvalue weighted by Gasteiger charge is -2.26. The maximum Gasteiger partial charge on any atom is 0.0541 e. The van der Waals surface area contributed by atoms with Crippen LogP contribution in [0.4, 0.5) is 17.1 Å². The molecular formula is C51H38N2. The molecule has 0 amide bonds. The van der Waals surface area contributed by atoms with E-state index in [1.807, 2.05) is 0 Å². The molecule has 1 aromatic heterocycles. The molecule has 0 saturated carbocycles. The minimum absolute atomic E-state index is 0.0273. The van der Waals surface area contributed by atoms with E-state index in [0.717, 1.165) is 17.1 Å². The van der Waals surface area contributed by atoms with E-state index in [9.17, 15) is 0 Å². The quantitative estimate of drug-likeness (QED) is 0.170. The normalized spacial score (nSPS) is 12.9. The molecule has 10 rings (SSSR count). The highest BCUT2D eigenvalue weighted by Crippen LogP contribution is 2.49. The molecule has 0 radical (unpaired) electrons. The van der Waals surface area contributed by atoms with Gasteiger partial charge in [-0.05, 0) is 117 Å². The third-order valence-electron chi connectivity index (χ3n) is 11.2. The van der Waals surface area contributed by atoms with E-state index in [-0.39, 0.29) is 5.41 Å². The highest BCUT2D eigenvalue weighted by Gasteiger charge is 2.35. The summed E-state index contributed by atoms with van der Waals surface area (Å²) in [6.45, 7) is 4.69. The predicted molar refractivity (Wildman–Crippen MR) is 224 cm³/mol. The Balaban J connectivity index is 1.03. The van der Waals surface area contributed by atoms with Crippen LogP contribution < -0.4 is 4.90 Å². The van der Waals surface area contributed by atoms with E-state index < -0.39 is 0 Å². The maximum absolute atomic E-state index is 2.40. The molecule has 0 saturated heterocycles. The number of para-hydroxylation sites is 3. The molecule has 0 N–H and O–H groups in total. The van der Waals surface area contributed by atoms with Crippen molar-refractivity contribution in [2.24, 2.45) is 0 Å². The third-order valence-corrected chi connectivity index (χ3v) is 11.2. The maximum atomic E-state index is 2.40. The zero-order valence-corrected chi connectivity index (χ0v) is 29.9. The molecule has 252 valence electrons. The first-order chi connectivity index (χ1) is 26.0. The smallest absolute Gasteiger partial charge is 0.0541 e. The van der Waals surface area contributed by atoms with E-state index in [2.05, 4.69) is 217 Å². The summed E-state index contributed by atoms with van der Waals surface area (Å²) in [7, 11) is 0.